The number of hydrogen-bond donors (Lipinski definition) is 0. The standard InChI is InChI=1S/C24H24N4O3S/c1-31-21-11-9-19(10-12-21)23-26-22-8-5-14-25-24(22)28(23)20-13-15-27(16-20)32(29,30)17-18-6-3-2-4-7-18/h2-12,14,20H,13,15-17H2,1H3. The molecule has 1 saturated heterocycles. The zero-order chi connectivity index (χ0) is 22.1. The molecule has 32 heavy (non-hydrogen) atoms. The normalized spacial score (nSPS) is 17.1. The van der Waals surface area contributed by atoms with Gasteiger partial charge in [-0.05, 0) is 48.4 Å². The number of fused-ring (bicyclic) bond motifs is 1. The number of nitrogens with zero attached hydrogens (tertiary/aromatic N) is 4. The van der Waals surface area contributed by atoms with Gasteiger partial charge < -0.3 is 9.30 Å². The molecule has 7 nitrogen and oxygen atoms in total. The summed E-state index contributed by atoms with van der Waals surface area (Å²) in [7, 11) is -1.78. The minimum absolute atomic E-state index is 0.00875. The van der Waals surface area contributed by atoms with Crippen LogP contribution in [0, 0.1) is 0 Å². The SMILES string of the molecule is COc1ccc(-c2nc3cccnc3n2C2CCN(S(=O)(=O)Cc3ccccc3)C2)cc1. The summed E-state index contributed by atoms with van der Waals surface area (Å²) >= 11 is 0. The minimum atomic E-state index is -3.41. The first-order chi connectivity index (χ1) is 15.5. The summed E-state index contributed by atoms with van der Waals surface area (Å²) in [5, 5.41) is 0. The zero-order valence-electron chi connectivity index (χ0n) is 17.8. The van der Waals surface area contributed by atoms with Crippen LogP contribution >= 0.6 is 0 Å². The Kier molecular flexibility index (Phi) is 5.40. The van der Waals surface area contributed by atoms with Crippen molar-refractivity contribution >= 4 is 21.2 Å². The number of benzene rings is 2. The Balaban J connectivity index is 1.48. The molecule has 0 N–H and O–H groups in total. The summed E-state index contributed by atoms with van der Waals surface area (Å²) in [4.78, 5) is 9.40. The number of rotatable bonds is 6. The Morgan fingerprint density at radius 1 is 1.03 bits per heavy atom. The Bertz CT molecular complexity index is 1330. The summed E-state index contributed by atoms with van der Waals surface area (Å²) < 4.78 is 35.1. The van der Waals surface area contributed by atoms with Gasteiger partial charge in [-0.3, -0.25) is 0 Å². The Hall–Kier alpha value is -3.23. The topological polar surface area (TPSA) is 77.3 Å². The molecule has 164 valence electrons. The highest BCUT2D eigenvalue weighted by Crippen LogP contribution is 2.34. The highest BCUT2D eigenvalue weighted by atomic mass is 32.2. The fourth-order valence-electron chi connectivity index (χ4n) is 4.27. The first-order valence-electron chi connectivity index (χ1n) is 10.5. The average molecular weight is 449 g/mol. The van der Waals surface area contributed by atoms with Gasteiger partial charge in [0.15, 0.2) is 5.65 Å². The molecule has 5 rings (SSSR count). The number of methoxy groups -OCH3 is 1. The second-order valence-electron chi connectivity index (χ2n) is 7.92. The first kappa shape index (κ1) is 20.7. The molecule has 2 aromatic heterocycles. The Labute approximate surface area is 187 Å². The van der Waals surface area contributed by atoms with Crippen molar-refractivity contribution < 1.29 is 13.2 Å². The van der Waals surface area contributed by atoms with Gasteiger partial charge in [0.25, 0.3) is 0 Å². The van der Waals surface area contributed by atoms with Crippen LogP contribution in [0.5, 0.6) is 5.75 Å². The molecule has 1 unspecified atom stereocenters. The molecule has 2 aromatic carbocycles. The van der Waals surface area contributed by atoms with Crippen molar-refractivity contribution in [2.45, 2.75) is 18.2 Å². The van der Waals surface area contributed by atoms with Gasteiger partial charge in [0.05, 0.1) is 18.9 Å². The number of imidazole rings is 1. The van der Waals surface area contributed by atoms with E-state index in [1.807, 2.05) is 66.7 Å². The quantitative estimate of drug-likeness (QED) is 0.447. The molecule has 0 saturated carbocycles. The van der Waals surface area contributed by atoms with Crippen molar-refractivity contribution in [1.82, 2.24) is 18.8 Å². The second kappa shape index (κ2) is 8.37. The van der Waals surface area contributed by atoms with E-state index < -0.39 is 10.0 Å². The number of sulfonamides is 1. The maximum absolute atomic E-state index is 13.1. The number of aromatic nitrogens is 3. The summed E-state index contributed by atoms with van der Waals surface area (Å²) in [6.45, 7) is 0.884. The third-order valence-corrected chi connectivity index (χ3v) is 7.69. The monoisotopic (exact) mass is 448 g/mol. The predicted molar refractivity (Wildman–Crippen MR) is 124 cm³/mol. The molecule has 3 heterocycles. The lowest BCUT2D eigenvalue weighted by Crippen LogP contribution is -2.30. The summed E-state index contributed by atoms with van der Waals surface area (Å²) in [5.41, 5.74) is 3.30. The van der Waals surface area contributed by atoms with Crippen LogP contribution in [-0.4, -0.2) is 47.5 Å². The van der Waals surface area contributed by atoms with Crippen molar-refractivity contribution in [2.24, 2.45) is 0 Å². The summed E-state index contributed by atoms with van der Waals surface area (Å²) in [6, 6.07) is 20.8. The van der Waals surface area contributed by atoms with Crippen molar-refractivity contribution in [3.63, 3.8) is 0 Å². The van der Waals surface area contributed by atoms with E-state index in [9.17, 15) is 8.42 Å². The summed E-state index contributed by atoms with van der Waals surface area (Å²) in [6.07, 6.45) is 2.45. The van der Waals surface area contributed by atoms with Crippen LogP contribution < -0.4 is 4.74 Å². The molecule has 0 aliphatic carbocycles. The van der Waals surface area contributed by atoms with Gasteiger partial charge in [-0.1, -0.05) is 30.3 Å². The van der Waals surface area contributed by atoms with Crippen LogP contribution in [-0.2, 0) is 15.8 Å². The van der Waals surface area contributed by atoms with E-state index in [-0.39, 0.29) is 11.8 Å². The van der Waals surface area contributed by atoms with Gasteiger partial charge in [0.1, 0.15) is 17.1 Å². The second-order valence-corrected chi connectivity index (χ2v) is 9.89. The first-order valence-corrected chi connectivity index (χ1v) is 12.2. The zero-order valence-corrected chi connectivity index (χ0v) is 18.6. The van der Waals surface area contributed by atoms with Gasteiger partial charge in [-0.2, -0.15) is 4.31 Å². The molecule has 0 spiro atoms. The largest absolute Gasteiger partial charge is 0.497 e. The smallest absolute Gasteiger partial charge is 0.218 e. The molecule has 8 heteroatoms. The molecule has 1 aliphatic heterocycles. The van der Waals surface area contributed by atoms with E-state index in [4.69, 9.17) is 9.72 Å². The minimum Gasteiger partial charge on any atom is -0.497 e. The maximum atomic E-state index is 13.1. The lowest BCUT2D eigenvalue weighted by atomic mass is 10.2. The highest BCUT2D eigenvalue weighted by Gasteiger charge is 2.34. The van der Waals surface area contributed by atoms with Crippen molar-refractivity contribution in [3.05, 3.63) is 78.5 Å². The van der Waals surface area contributed by atoms with Crippen LogP contribution in [0.1, 0.15) is 18.0 Å². The maximum Gasteiger partial charge on any atom is 0.218 e. The Morgan fingerprint density at radius 3 is 2.56 bits per heavy atom. The number of ether oxygens (including phenoxy) is 1. The van der Waals surface area contributed by atoms with Crippen LogP contribution in [0.2, 0.25) is 0 Å². The van der Waals surface area contributed by atoms with Gasteiger partial charge in [0, 0.05) is 24.8 Å². The Morgan fingerprint density at radius 2 is 1.81 bits per heavy atom. The van der Waals surface area contributed by atoms with E-state index >= 15 is 0 Å². The predicted octanol–water partition coefficient (Wildman–Crippen LogP) is 3.88. The molecule has 1 atom stereocenters. The third kappa shape index (κ3) is 3.87. The lowest BCUT2D eigenvalue weighted by molar-refractivity contribution is 0.415. The average Bonchev–Trinajstić information content (AvgIpc) is 3.45. The highest BCUT2D eigenvalue weighted by molar-refractivity contribution is 7.88. The molecule has 1 fully saturated rings. The number of pyridine rings is 1. The molecule has 4 aromatic rings. The molecular weight excluding hydrogens is 424 g/mol. The van der Waals surface area contributed by atoms with Crippen molar-refractivity contribution in [2.75, 3.05) is 20.2 Å². The molecule has 1 aliphatic rings. The van der Waals surface area contributed by atoms with Gasteiger partial charge in [0.2, 0.25) is 10.0 Å². The molecule has 0 radical (unpaired) electrons. The number of hydrogen-bond acceptors (Lipinski definition) is 5. The van der Waals surface area contributed by atoms with E-state index in [2.05, 4.69) is 9.55 Å². The van der Waals surface area contributed by atoms with Crippen LogP contribution in [0.4, 0.5) is 0 Å². The molecule has 0 bridgehead atoms. The van der Waals surface area contributed by atoms with Crippen LogP contribution in [0.3, 0.4) is 0 Å². The van der Waals surface area contributed by atoms with E-state index in [0.717, 1.165) is 33.9 Å². The van der Waals surface area contributed by atoms with Gasteiger partial charge in [-0.15, -0.1) is 0 Å². The van der Waals surface area contributed by atoms with Crippen LogP contribution in [0.15, 0.2) is 72.9 Å². The molecular formula is C24H24N4O3S. The fraction of sp³-hybridized carbons (Fsp3) is 0.250. The van der Waals surface area contributed by atoms with Crippen LogP contribution in [0.25, 0.3) is 22.6 Å². The van der Waals surface area contributed by atoms with Gasteiger partial charge >= 0.3 is 0 Å². The van der Waals surface area contributed by atoms with E-state index in [1.165, 1.54) is 0 Å². The summed E-state index contributed by atoms with van der Waals surface area (Å²) in [5.74, 6) is 1.57. The fourth-order valence-corrected chi connectivity index (χ4v) is 5.85. The lowest BCUT2D eigenvalue weighted by Gasteiger charge is -2.19. The molecule has 0 amide bonds. The van der Waals surface area contributed by atoms with E-state index in [1.54, 1.807) is 17.6 Å². The third-order valence-electron chi connectivity index (χ3n) is 5.87. The van der Waals surface area contributed by atoms with Crippen molar-refractivity contribution in [3.8, 4) is 17.1 Å². The van der Waals surface area contributed by atoms with Gasteiger partial charge in [-0.25, -0.2) is 18.4 Å². The van der Waals surface area contributed by atoms with Crippen molar-refractivity contribution in [1.29, 1.82) is 0 Å². The van der Waals surface area contributed by atoms with E-state index in [0.29, 0.717) is 19.5 Å².